The second-order valence-electron chi connectivity index (χ2n) is 13.3. The summed E-state index contributed by atoms with van der Waals surface area (Å²) in [6.45, 7) is 6.15. The van der Waals surface area contributed by atoms with Gasteiger partial charge in [-0.1, -0.05) is 0 Å². The lowest BCUT2D eigenvalue weighted by molar-refractivity contribution is -0.394. The number of alkyl halides is 3. The third kappa shape index (κ3) is 21.0. The molecule has 2 fully saturated rings. The van der Waals surface area contributed by atoms with Crippen molar-refractivity contribution in [1.29, 1.82) is 0 Å². The molecule has 24 heteroatoms. The van der Waals surface area contributed by atoms with Gasteiger partial charge in [0.05, 0.1) is 167 Å². The molecule has 2 aromatic rings. The first kappa shape index (κ1) is 51.6. The van der Waals surface area contributed by atoms with Gasteiger partial charge >= 0.3 is 6.18 Å². The number of anilines is 2. The number of hydrogen-bond acceptors (Lipinski definition) is 19. The maximum atomic E-state index is 14.3. The number of hydrogen-bond donors (Lipinski definition) is 1. The maximum absolute atomic E-state index is 14.3. The highest BCUT2D eigenvalue weighted by Crippen LogP contribution is 2.44. The molecular weight excluding hydrogens is 855 g/mol. The molecule has 0 aliphatic carbocycles. The molecule has 0 bridgehead atoms. The normalized spacial score (nSPS) is 21.4. The van der Waals surface area contributed by atoms with Crippen LogP contribution in [0.25, 0.3) is 0 Å². The van der Waals surface area contributed by atoms with Gasteiger partial charge in [0.15, 0.2) is 11.5 Å². The number of rotatable bonds is 10. The lowest BCUT2D eigenvalue weighted by Gasteiger charge is -2.23. The quantitative estimate of drug-likeness (QED) is 0.263. The van der Waals surface area contributed by atoms with Gasteiger partial charge in [0.25, 0.3) is 11.4 Å². The number of halogens is 3. The summed E-state index contributed by atoms with van der Waals surface area (Å²) in [5.41, 5.74) is -5.05. The zero-order chi connectivity index (χ0) is 45.0. The Kier molecular flexibility index (Phi) is 24.7. The molecule has 2 aliphatic heterocycles. The van der Waals surface area contributed by atoms with E-state index >= 15 is 0 Å². The summed E-state index contributed by atoms with van der Waals surface area (Å²) in [6, 6.07) is 4.60. The Morgan fingerprint density at radius 2 is 0.937 bits per heavy atom. The Morgan fingerprint density at radius 3 is 1.33 bits per heavy atom. The molecule has 0 amide bonds. The van der Waals surface area contributed by atoms with Crippen LogP contribution in [-0.2, 0) is 63.0 Å². The molecule has 2 unspecified atom stereocenters. The van der Waals surface area contributed by atoms with E-state index in [4.69, 9.17) is 66.3 Å². The van der Waals surface area contributed by atoms with Crippen LogP contribution in [0.4, 0.5) is 35.9 Å². The van der Waals surface area contributed by atoms with Crippen LogP contribution in [0.1, 0.15) is 5.56 Å². The van der Waals surface area contributed by atoms with E-state index in [1.54, 1.807) is 0 Å². The molecule has 63 heavy (non-hydrogen) atoms. The number of ether oxygens (including phenoxy) is 14. The van der Waals surface area contributed by atoms with Crippen LogP contribution in [0, 0.1) is 20.2 Å². The summed E-state index contributed by atoms with van der Waals surface area (Å²) >= 11 is 0. The van der Waals surface area contributed by atoms with E-state index in [-0.39, 0.29) is 95.9 Å². The predicted molar refractivity (Wildman–Crippen MR) is 213 cm³/mol. The van der Waals surface area contributed by atoms with Crippen molar-refractivity contribution in [2.45, 2.75) is 18.4 Å². The molecular formula is C39H56F3N3O18. The summed E-state index contributed by atoms with van der Waals surface area (Å²) < 4.78 is 123. The van der Waals surface area contributed by atoms with E-state index in [2.05, 4.69) is 5.32 Å². The van der Waals surface area contributed by atoms with Crippen LogP contribution in [0.3, 0.4) is 0 Å². The highest BCUT2D eigenvalue weighted by Gasteiger charge is 2.40. The van der Waals surface area contributed by atoms with Crippen molar-refractivity contribution in [3.05, 3.63) is 56.1 Å². The Hall–Kier alpha value is -4.05. The molecule has 4 rings (SSSR count). The van der Waals surface area contributed by atoms with Gasteiger partial charge in [0.2, 0.25) is 0 Å². The smallest absolute Gasteiger partial charge is 0.418 e. The zero-order valence-corrected chi connectivity index (χ0v) is 34.9. The SMILES string of the molecule is O=[N+]([O-])c1cc([N+](=O)[O-])c(Nc2ccc(OCC3COCCOCCOCCOCCOCCO3)c(OCC3COCCOCCOCCOCCOCCO3)c2)c(C(F)(F)F)c1. The minimum atomic E-state index is -5.22. The molecule has 0 saturated carbocycles. The van der Waals surface area contributed by atoms with Crippen molar-refractivity contribution in [2.75, 3.05) is 164 Å². The summed E-state index contributed by atoms with van der Waals surface area (Å²) in [7, 11) is 0. The summed E-state index contributed by atoms with van der Waals surface area (Å²) in [5.74, 6) is 0.0904. The molecule has 356 valence electrons. The Labute approximate surface area is 361 Å². The lowest BCUT2D eigenvalue weighted by atomic mass is 10.1. The van der Waals surface area contributed by atoms with Crippen LogP contribution >= 0.6 is 0 Å². The van der Waals surface area contributed by atoms with Gasteiger partial charge in [-0.3, -0.25) is 20.2 Å². The monoisotopic (exact) mass is 911 g/mol. The second kappa shape index (κ2) is 30.2. The minimum Gasteiger partial charge on any atom is -0.487 e. The van der Waals surface area contributed by atoms with Crippen molar-refractivity contribution in [3.8, 4) is 11.5 Å². The van der Waals surface area contributed by atoms with Crippen molar-refractivity contribution in [2.24, 2.45) is 0 Å². The molecule has 0 radical (unpaired) electrons. The second-order valence-corrected chi connectivity index (χ2v) is 13.3. The van der Waals surface area contributed by atoms with E-state index in [1.165, 1.54) is 18.2 Å². The molecule has 1 N–H and O–H groups in total. The molecule has 2 aliphatic rings. The van der Waals surface area contributed by atoms with Gasteiger partial charge in [0.1, 0.15) is 31.1 Å². The van der Waals surface area contributed by atoms with Gasteiger partial charge in [-0.2, -0.15) is 13.2 Å². The summed E-state index contributed by atoms with van der Waals surface area (Å²) in [6.07, 6.45) is -6.57. The molecule has 21 nitrogen and oxygen atoms in total. The Bertz CT molecular complexity index is 1580. The van der Waals surface area contributed by atoms with E-state index < -0.39 is 50.9 Å². The first-order valence-electron chi connectivity index (χ1n) is 20.3. The minimum absolute atomic E-state index is 0.0158. The fourth-order valence-corrected chi connectivity index (χ4v) is 5.57. The van der Waals surface area contributed by atoms with Crippen LogP contribution in [0.5, 0.6) is 11.5 Å². The first-order valence-corrected chi connectivity index (χ1v) is 20.3. The van der Waals surface area contributed by atoms with Crippen molar-refractivity contribution in [1.82, 2.24) is 0 Å². The Balaban J connectivity index is 1.56. The lowest BCUT2D eigenvalue weighted by Crippen LogP contribution is -2.30. The molecule has 0 aromatic heterocycles. The highest BCUT2D eigenvalue weighted by atomic mass is 19.4. The van der Waals surface area contributed by atoms with Gasteiger partial charge in [-0.05, 0) is 12.1 Å². The summed E-state index contributed by atoms with van der Waals surface area (Å²) in [5, 5.41) is 25.8. The van der Waals surface area contributed by atoms with Crippen LogP contribution in [0.15, 0.2) is 30.3 Å². The molecule has 2 saturated heterocycles. The third-order valence-corrected chi connectivity index (χ3v) is 8.62. The number of nitrogens with zero attached hydrogens (tertiary/aromatic N) is 2. The van der Waals surface area contributed by atoms with Crippen LogP contribution < -0.4 is 14.8 Å². The average molecular weight is 912 g/mol. The van der Waals surface area contributed by atoms with E-state index in [0.29, 0.717) is 92.0 Å². The molecule has 0 spiro atoms. The van der Waals surface area contributed by atoms with Crippen molar-refractivity contribution < 1.29 is 89.3 Å². The summed E-state index contributed by atoms with van der Waals surface area (Å²) in [4.78, 5) is 21.1. The van der Waals surface area contributed by atoms with Crippen molar-refractivity contribution >= 4 is 22.7 Å². The fraction of sp³-hybridized carbons (Fsp3) is 0.692. The standard InChI is InChI=1S/C39H56F3N3O18/c40-39(41,42)34-24-31(44(46)47)25-35(45(48)49)38(34)43-30-1-2-36(62-28-32-26-58-17-15-54-9-7-50-3-5-52-11-13-56-19-21-60-32)37(23-30)63-29-33-27-59-18-16-55-10-8-51-4-6-53-12-14-57-20-22-61-33/h1-2,23-25,32-33,43H,3-22,26-29H2. The predicted octanol–water partition coefficient (Wildman–Crippen LogP) is 3.99. The van der Waals surface area contributed by atoms with E-state index in [0.717, 1.165) is 0 Å². The van der Waals surface area contributed by atoms with Gasteiger partial charge < -0.3 is 71.6 Å². The highest BCUT2D eigenvalue weighted by molar-refractivity contribution is 5.77. The first-order chi connectivity index (χ1) is 30.6. The van der Waals surface area contributed by atoms with Crippen LogP contribution in [0.2, 0.25) is 0 Å². The number of benzene rings is 2. The molecule has 2 aromatic carbocycles. The van der Waals surface area contributed by atoms with Crippen LogP contribution in [-0.4, -0.2) is 181 Å². The third-order valence-electron chi connectivity index (χ3n) is 8.62. The number of non-ortho nitro benzene ring substituents is 1. The number of nitrogens with one attached hydrogen (secondary N) is 1. The maximum Gasteiger partial charge on any atom is 0.418 e. The van der Waals surface area contributed by atoms with E-state index in [1.807, 2.05) is 0 Å². The molecule has 2 atom stereocenters. The average Bonchev–Trinajstić information content (AvgIpc) is 3.25. The van der Waals surface area contributed by atoms with Crippen molar-refractivity contribution in [3.63, 3.8) is 0 Å². The largest absolute Gasteiger partial charge is 0.487 e. The van der Waals surface area contributed by atoms with E-state index in [9.17, 15) is 33.4 Å². The number of nitro groups is 2. The number of nitro benzene ring substituents is 2. The fourth-order valence-electron chi connectivity index (χ4n) is 5.57. The van der Waals surface area contributed by atoms with Gasteiger partial charge in [-0.25, -0.2) is 0 Å². The van der Waals surface area contributed by atoms with Gasteiger partial charge in [0, 0.05) is 17.8 Å². The topological polar surface area (TPSA) is 228 Å². The molecule has 2 heterocycles. The zero-order valence-electron chi connectivity index (χ0n) is 34.9. The van der Waals surface area contributed by atoms with Gasteiger partial charge in [-0.15, -0.1) is 0 Å². The Morgan fingerprint density at radius 1 is 0.540 bits per heavy atom.